The Morgan fingerprint density at radius 3 is 1.88 bits per heavy atom. The molecule has 25 heavy (non-hydrogen) atoms. The molecule has 0 atom stereocenters. The standard InChI is InChI=1S/C20H17NO3.ClH/c21-22-14-15-11-12-18-19(13-15)24-20(23-18,16-7-3-1-4-8-16)17-9-5-2-6-10-17;/h1-13H,14,21H2;1H. The average Bonchev–Trinajstić information content (AvgIpc) is 3.04. The minimum absolute atomic E-state index is 0. The summed E-state index contributed by atoms with van der Waals surface area (Å²) >= 11 is 0. The highest BCUT2D eigenvalue weighted by Crippen LogP contribution is 2.47. The topological polar surface area (TPSA) is 53.7 Å². The Balaban J connectivity index is 0.00000182. The van der Waals surface area contributed by atoms with E-state index in [2.05, 4.69) is 0 Å². The smallest absolute Gasteiger partial charge is 0.305 e. The van der Waals surface area contributed by atoms with Gasteiger partial charge in [0.25, 0.3) is 0 Å². The lowest BCUT2D eigenvalue weighted by Crippen LogP contribution is -2.36. The van der Waals surface area contributed by atoms with Gasteiger partial charge in [-0.3, -0.25) is 4.84 Å². The molecule has 4 rings (SSSR count). The molecule has 0 aromatic heterocycles. The van der Waals surface area contributed by atoms with Gasteiger partial charge in [0, 0.05) is 11.1 Å². The Bertz CT molecular complexity index is 801. The molecule has 1 aliphatic heterocycles. The first kappa shape index (κ1) is 17.3. The zero-order chi connectivity index (χ0) is 16.4. The summed E-state index contributed by atoms with van der Waals surface area (Å²) in [6.45, 7) is 0.320. The quantitative estimate of drug-likeness (QED) is 0.713. The molecule has 4 nitrogen and oxygen atoms in total. The fourth-order valence-electron chi connectivity index (χ4n) is 2.95. The molecule has 0 saturated heterocycles. The fraction of sp³-hybridized carbons (Fsp3) is 0.100. The van der Waals surface area contributed by atoms with Gasteiger partial charge in [0.15, 0.2) is 11.5 Å². The predicted molar refractivity (Wildman–Crippen MR) is 97.6 cm³/mol. The molecule has 5 heteroatoms. The van der Waals surface area contributed by atoms with E-state index in [0.717, 1.165) is 16.7 Å². The van der Waals surface area contributed by atoms with Crippen LogP contribution in [0.5, 0.6) is 11.5 Å². The van der Waals surface area contributed by atoms with Gasteiger partial charge in [-0.1, -0.05) is 66.7 Å². The Kier molecular flexibility index (Phi) is 4.95. The van der Waals surface area contributed by atoms with Crippen LogP contribution in [0.2, 0.25) is 0 Å². The zero-order valence-corrected chi connectivity index (χ0v) is 14.2. The highest BCUT2D eigenvalue weighted by atomic mass is 35.5. The molecule has 0 amide bonds. The van der Waals surface area contributed by atoms with Crippen molar-refractivity contribution in [3.63, 3.8) is 0 Å². The number of fused-ring (bicyclic) bond motifs is 1. The molecule has 128 valence electrons. The minimum Gasteiger partial charge on any atom is -0.440 e. The first-order chi connectivity index (χ1) is 11.8. The molecule has 0 bridgehead atoms. The molecule has 3 aromatic carbocycles. The summed E-state index contributed by atoms with van der Waals surface area (Å²) in [5.41, 5.74) is 2.80. The summed E-state index contributed by atoms with van der Waals surface area (Å²) < 4.78 is 12.6. The maximum Gasteiger partial charge on any atom is 0.305 e. The fourth-order valence-corrected chi connectivity index (χ4v) is 2.95. The van der Waals surface area contributed by atoms with E-state index in [0.29, 0.717) is 18.1 Å². The summed E-state index contributed by atoms with van der Waals surface area (Å²) in [6.07, 6.45) is 0. The van der Waals surface area contributed by atoms with E-state index in [-0.39, 0.29) is 12.4 Å². The summed E-state index contributed by atoms with van der Waals surface area (Å²) in [6, 6.07) is 25.6. The normalized spacial score (nSPS) is 14.0. The van der Waals surface area contributed by atoms with Gasteiger partial charge < -0.3 is 9.47 Å². The van der Waals surface area contributed by atoms with E-state index in [1.54, 1.807) is 0 Å². The van der Waals surface area contributed by atoms with Gasteiger partial charge in [-0.05, 0) is 17.7 Å². The molecular formula is C20H18ClNO3. The molecule has 0 saturated carbocycles. The Labute approximate surface area is 152 Å². The number of halogens is 1. The molecule has 0 aliphatic carbocycles. The number of hydrogen-bond acceptors (Lipinski definition) is 4. The third-order valence-corrected chi connectivity index (χ3v) is 4.07. The van der Waals surface area contributed by atoms with E-state index >= 15 is 0 Å². The molecule has 0 spiro atoms. The molecule has 2 N–H and O–H groups in total. The summed E-state index contributed by atoms with van der Waals surface area (Å²) in [4.78, 5) is 4.71. The van der Waals surface area contributed by atoms with Crippen LogP contribution in [0.4, 0.5) is 0 Å². The monoisotopic (exact) mass is 355 g/mol. The minimum atomic E-state index is -0.993. The molecule has 1 heterocycles. The average molecular weight is 356 g/mol. The van der Waals surface area contributed by atoms with Gasteiger partial charge in [0.2, 0.25) is 0 Å². The van der Waals surface area contributed by atoms with E-state index in [9.17, 15) is 0 Å². The number of rotatable bonds is 4. The highest BCUT2D eigenvalue weighted by Gasteiger charge is 2.45. The van der Waals surface area contributed by atoms with Gasteiger partial charge >= 0.3 is 5.79 Å². The van der Waals surface area contributed by atoms with Crippen molar-refractivity contribution in [2.24, 2.45) is 5.90 Å². The van der Waals surface area contributed by atoms with Gasteiger partial charge in [0.05, 0.1) is 6.61 Å². The highest BCUT2D eigenvalue weighted by molar-refractivity contribution is 5.85. The Hall–Kier alpha value is -2.53. The Morgan fingerprint density at radius 2 is 1.32 bits per heavy atom. The molecule has 0 unspecified atom stereocenters. The second-order valence-electron chi connectivity index (χ2n) is 5.64. The summed E-state index contributed by atoms with van der Waals surface area (Å²) in [7, 11) is 0. The largest absolute Gasteiger partial charge is 0.440 e. The van der Waals surface area contributed by atoms with Gasteiger partial charge in [0.1, 0.15) is 0 Å². The maximum absolute atomic E-state index is 6.34. The van der Waals surface area contributed by atoms with Crippen molar-refractivity contribution in [1.82, 2.24) is 0 Å². The van der Waals surface area contributed by atoms with Crippen LogP contribution in [0.3, 0.4) is 0 Å². The first-order valence-corrected chi connectivity index (χ1v) is 7.75. The Morgan fingerprint density at radius 1 is 0.760 bits per heavy atom. The summed E-state index contributed by atoms with van der Waals surface area (Å²) in [5, 5.41) is 0. The van der Waals surface area contributed by atoms with Crippen molar-refractivity contribution in [3.8, 4) is 11.5 Å². The zero-order valence-electron chi connectivity index (χ0n) is 13.4. The van der Waals surface area contributed by atoms with E-state index in [4.69, 9.17) is 20.2 Å². The van der Waals surface area contributed by atoms with E-state index in [1.807, 2.05) is 78.9 Å². The van der Waals surface area contributed by atoms with Gasteiger partial charge in [-0.15, -0.1) is 12.4 Å². The van der Waals surface area contributed by atoms with Crippen LogP contribution in [0.15, 0.2) is 78.9 Å². The van der Waals surface area contributed by atoms with Crippen LogP contribution < -0.4 is 15.4 Å². The van der Waals surface area contributed by atoms with Crippen molar-refractivity contribution in [1.29, 1.82) is 0 Å². The van der Waals surface area contributed by atoms with Crippen molar-refractivity contribution in [2.75, 3.05) is 0 Å². The summed E-state index contributed by atoms with van der Waals surface area (Å²) in [5.74, 6) is 5.55. The van der Waals surface area contributed by atoms with Gasteiger partial charge in [-0.25, -0.2) is 5.90 Å². The second-order valence-corrected chi connectivity index (χ2v) is 5.64. The van der Waals surface area contributed by atoms with E-state index in [1.165, 1.54) is 0 Å². The van der Waals surface area contributed by atoms with Crippen LogP contribution in [0, 0.1) is 0 Å². The maximum atomic E-state index is 6.34. The van der Waals surface area contributed by atoms with Crippen molar-refractivity contribution in [2.45, 2.75) is 12.4 Å². The van der Waals surface area contributed by atoms with Crippen LogP contribution in [0.25, 0.3) is 0 Å². The molecule has 1 aliphatic rings. The number of benzene rings is 3. The van der Waals surface area contributed by atoms with Crippen molar-refractivity contribution >= 4 is 12.4 Å². The van der Waals surface area contributed by atoms with Crippen molar-refractivity contribution in [3.05, 3.63) is 95.6 Å². The number of hydrogen-bond donors (Lipinski definition) is 1. The van der Waals surface area contributed by atoms with Crippen LogP contribution in [-0.4, -0.2) is 0 Å². The predicted octanol–water partition coefficient (Wildman–Crippen LogP) is 4.17. The molecular weight excluding hydrogens is 338 g/mol. The number of ether oxygens (including phenoxy) is 2. The van der Waals surface area contributed by atoms with Gasteiger partial charge in [-0.2, -0.15) is 0 Å². The van der Waals surface area contributed by atoms with Crippen LogP contribution >= 0.6 is 12.4 Å². The second kappa shape index (κ2) is 7.15. The molecule has 3 aromatic rings. The van der Waals surface area contributed by atoms with Crippen LogP contribution in [-0.2, 0) is 17.2 Å². The lowest BCUT2D eigenvalue weighted by Gasteiger charge is -2.28. The van der Waals surface area contributed by atoms with Crippen LogP contribution in [0.1, 0.15) is 16.7 Å². The first-order valence-electron chi connectivity index (χ1n) is 7.75. The third kappa shape index (κ3) is 3.07. The lowest BCUT2D eigenvalue weighted by molar-refractivity contribution is -0.0459. The molecule has 0 fully saturated rings. The molecule has 0 radical (unpaired) electrons. The number of nitrogens with two attached hydrogens (primary N) is 1. The SMILES string of the molecule is Cl.NOCc1ccc2c(c1)OC(c1ccccc1)(c1ccccc1)O2. The van der Waals surface area contributed by atoms with Crippen molar-refractivity contribution < 1.29 is 14.3 Å². The lowest BCUT2D eigenvalue weighted by atomic mass is 9.97. The van der Waals surface area contributed by atoms with E-state index < -0.39 is 5.79 Å². The third-order valence-electron chi connectivity index (χ3n) is 4.07.